The van der Waals surface area contributed by atoms with Crippen LogP contribution in [0.25, 0.3) is 10.9 Å². The molecule has 4 aromatic rings. The van der Waals surface area contributed by atoms with Crippen LogP contribution in [0.15, 0.2) is 47.2 Å². The minimum Gasteiger partial charge on any atom is -0.441 e. The van der Waals surface area contributed by atoms with Crippen molar-refractivity contribution >= 4 is 34.2 Å². The second-order valence-electron chi connectivity index (χ2n) is 7.11. The van der Waals surface area contributed by atoms with Gasteiger partial charge in [-0.25, -0.2) is 9.97 Å². The van der Waals surface area contributed by atoms with Gasteiger partial charge in [-0.05, 0) is 54.8 Å². The minimum atomic E-state index is -0.383. The summed E-state index contributed by atoms with van der Waals surface area (Å²) in [6.07, 6.45) is 3.64. The van der Waals surface area contributed by atoms with E-state index in [1.165, 1.54) is 6.26 Å². The molecule has 0 saturated carbocycles. The number of carbonyl (C=O) groups excluding carboxylic acids is 1. The molecule has 3 aromatic heterocycles. The van der Waals surface area contributed by atoms with Crippen LogP contribution in [0.5, 0.6) is 0 Å². The lowest BCUT2D eigenvalue weighted by Gasteiger charge is -2.10. The van der Waals surface area contributed by atoms with Crippen LogP contribution in [0.4, 0.5) is 5.82 Å². The van der Waals surface area contributed by atoms with Crippen LogP contribution in [0.2, 0.25) is 5.02 Å². The largest absolute Gasteiger partial charge is 0.441 e. The van der Waals surface area contributed by atoms with Crippen molar-refractivity contribution in [2.75, 3.05) is 5.73 Å². The standard InChI is InChI=1S/C22H20ClN5O2/c1-12-5-20(24)27-13(2)18(12)10-26-21(29)22-28-17(11-30-22)7-14-3-4-19-15(6-14)8-16(23)9-25-19/h3-6,8-9,11H,7,10H2,1-2H3,(H2,24,27)(H,26,29). The first-order valence-electron chi connectivity index (χ1n) is 9.38. The Morgan fingerprint density at radius 2 is 2.03 bits per heavy atom. The number of pyridine rings is 2. The predicted molar refractivity (Wildman–Crippen MR) is 115 cm³/mol. The fourth-order valence-electron chi connectivity index (χ4n) is 3.37. The van der Waals surface area contributed by atoms with E-state index in [1.54, 1.807) is 12.3 Å². The van der Waals surface area contributed by atoms with E-state index in [-0.39, 0.29) is 11.8 Å². The molecule has 0 spiro atoms. The Balaban J connectivity index is 1.44. The Kier molecular flexibility index (Phi) is 5.37. The highest BCUT2D eigenvalue weighted by atomic mass is 35.5. The molecule has 0 aliphatic rings. The number of carbonyl (C=O) groups is 1. The maximum Gasteiger partial charge on any atom is 0.307 e. The van der Waals surface area contributed by atoms with E-state index >= 15 is 0 Å². The van der Waals surface area contributed by atoms with Crippen LogP contribution in [-0.4, -0.2) is 20.9 Å². The number of anilines is 1. The van der Waals surface area contributed by atoms with Gasteiger partial charge in [0.25, 0.3) is 5.89 Å². The lowest BCUT2D eigenvalue weighted by Crippen LogP contribution is -2.24. The molecule has 4 rings (SSSR count). The number of halogens is 1. The summed E-state index contributed by atoms with van der Waals surface area (Å²) >= 11 is 6.03. The van der Waals surface area contributed by atoms with E-state index in [9.17, 15) is 4.79 Å². The van der Waals surface area contributed by atoms with E-state index in [0.29, 0.717) is 29.5 Å². The van der Waals surface area contributed by atoms with Gasteiger partial charge in [-0.3, -0.25) is 9.78 Å². The number of aryl methyl sites for hydroxylation is 2. The van der Waals surface area contributed by atoms with Gasteiger partial charge in [0.05, 0.1) is 16.2 Å². The second-order valence-corrected chi connectivity index (χ2v) is 7.55. The Bertz CT molecular complexity index is 1230. The third-order valence-corrected chi connectivity index (χ3v) is 5.05. The van der Waals surface area contributed by atoms with E-state index in [4.69, 9.17) is 21.8 Å². The molecule has 0 radical (unpaired) electrons. The molecule has 3 N–H and O–H groups in total. The van der Waals surface area contributed by atoms with Gasteiger partial charge in [-0.15, -0.1) is 0 Å². The summed E-state index contributed by atoms with van der Waals surface area (Å²) in [5.74, 6) is 0.102. The Morgan fingerprint density at radius 1 is 1.20 bits per heavy atom. The summed E-state index contributed by atoms with van der Waals surface area (Å²) in [5, 5.41) is 4.36. The summed E-state index contributed by atoms with van der Waals surface area (Å²) in [4.78, 5) is 25.3. The number of aromatic nitrogens is 3. The van der Waals surface area contributed by atoms with Gasteiger partial charge in [-0.2, -0.15) is 0 Å². The number of amides is 1. The van der Waals surface area contributed by atoms with Gasteiger partial charge in [-0.1, -0.05) is 17.7 Å². The topological polar surface area (TPSA) is 107 Å². The molecule has 152 valence electrons. The number of nitrogens with two attached hydrogens (primary N) is 1. The smallest absolute Gasteiger partial charge is 0.307 e. The summed E-state index contributed by atoms with van der Waals surface area (Å²) in [7, 11) is 0. The number of nitrogens with one attached hydrogen (secondary N) is 1. The van der Waals surface area contributed by atoms with Crippen molar-refractivity contribution in [2.24, 2.45) is 0 Å². The molecule has 0 atom stereocenters. The van der Waals surface area contributed by atoms with Crippen molar-refractivity contribution in [2.45, 2.75) is 26.8 Å². The molecule has 1 aromatic carbocycles. The second kappa shape index (κ2) is 8.12. The molecule has 1 amide bonds. The molecule has 3 heterocycles. The van der Waals surface area contributed by atoms with Crippen molar-refractivity contribution in [1.82, 2.24) is 20.3 Å². The highest BCUT2D eigenvalue weighted by Gasteiger charge is 2.15. The molecule has 30 heavy (non-hydrogen) atoms. The quantitative estimate of drug-likeness (QED) is 0.504. The molecular formula is C22H20ClN5O2. The van der Waals surface area contributed by atoms with Crippen molar-refractivity contribution in [3.05, 3.63) is 81.8 Å². The predicted octanol–water partition coefficient (Wildman–Crippen LogP) is 3.99. The Labute approximate surface area is 178 Å². The first-order valence-corrected chi connectivity index (χ1v) is 9.76. The number of nitrogens with zero attached hydrogens (tertiary/aromatic N) is 3. The fraction of sp³-hybridized carbons (Fsp3) is 0.182. The maximum atomic E-state index is 12.5. The van der Waals surface area contributed by atoms with E-state index < -0.39 is 0 Å². The summed E-state index contributed by atoms with van der Waals surface area (Å²) in [5.41, 5.74) is 11.0. The Morgan fingerprint density at radius 3 is 2.83 bits per heavy atom. The Hall–Kier alpha value is -3.45. The zero-order valence-electron chi connectivity index (χ0n) is 16.6. The zero-order valence-corrected chi connectivity index (χ0v) is 17.3. The molecule has 8 heteroatoms. The highest BCUT2D eigenvalue weighted by Crippen LogP contribution is 2.20. The van der Waals surface area contributed by atoms with Crippen LogP contribution in [0.3, 0.4) is 0 Å². The van der Waals surface area contributed by atoms with Crippen LogP contribution >= 0.6 is 11.6 Å². The molecule has 0 fully saturated rings. The molecule has 0 unspecified atom stereocenters. The summed E-state index contributed by atoms with van der Waals surface area (Å²) in [6.45, 7) is 4.11. The van der Waals surface area contributed by atoms with Crippen molar-refractivity contribution < 1.29 is 9.21 Å². The van der Waals surface area contributed by atoms with Crippen LogP contribution < -0.4 is 11.1 Å². The molecule has 0 bridgehead atoms. The average molecular weight is 422 g/mol. The number of nitrogen functional groups attached to an aromatic ring is 1. The highest BCUT2D eigenvalue weighted by molar-refractivity contribution is 6.31. The number of hydrogen-bond donors (Lipinski definition) is 2. The molecule has 0 aliphatic carbocycles. The average Bonchev–Trinajstić information content (AvgIpc) is 3.15. The fourth-order valence-corrected chi connectivity index (χ4v) is 3.53. The number of hydrogen-bond acceptors (Lipinski definition) is 6. The van der Waals surface area contributed by atoms with E-state index in [2.05, 4.69) is 20.3 Å². The SMILES string of the molecule is Cc1cc(N)nc(C)c1CNC(=O)c1nc(Cc2ccc3ncc(Cl)cc3c2)co1. The minimum absolute atomic E-state index is 0.0224. The van der Waals surface area contributed by atoms with Crippen LogP contribution in [-0.2, 0) is 13.0 Å². The monoisotopic (exact) mass is 421 g/mol. The normalized spacial score (nSPS) is 11.0. The van der Waals surface area contributed by atoms with Crippen molar-refractivity contribution in [1.29, 1.82) is 0 Å². The number of rotatable bonds is 5. The van der Waals surface area contributed by atoms with Gasteiger partial charge in [0.15, 0.2) is 0 Å². The molecule has 0 aliphatic heterocycles. The number of benzene rings is 1. The summed E-state index contributed by atoms with van der Waals surface area (Å²) in [6, 6.07) is 9.55. The third kappa shape index (κ3) is 4.26. The van der Waals surface area contributed by atoms with Gasteiger partial charge in [0.2, 0.25) is 0 Å². The van der Waals surface area contributed by atoms with Crippen LogP contribution in [0, 0.1) is 13.8 Å². The van der Waals surface area contributed by atoms with Gasteiger partial charge >= 0.3 is 5.91 Å². The first kappa shape index (κ1) is 19.8. The molecule has 7 nitrogen and oxygen atoms in total. The van der Waals surface area contributed by atoms with Gasteiger partial charge in [0, 0.05) is 30.2 Å². The maximum absolute atomic E-state index is 12.5. The van der Waals surface area contributed by atoms with Crippen molar-refractivity contribution in [3.63, 3.8) is 0 Å². The zero-order chi connectivity index (χ0) is 21.3. The molecular weight excluding hydrogens is 402 g/mol. The van der Waals surface area contributed by atoms with E-state index in [1.807, 2.05) is 38.1 Å². The van der Waals surface area contributed by atoms with E-state index in [0.717, 1.165) is 33.3 Å². The van der Waals surface area contributed by atoms with Crippen LogP contribution in [0.1, 0.15) is 38.8 Å². The lowest BCUT2D eigenvalue weighted by atomic mass is 10.1. The first-order chi connectivity index (χ1) is 14.4. The summed E-state index contributed by atoms with van der Waals surface area (Å²) < 4.78 is 5.38. The van der Waals surface area contributed by atoms with Gasteiger partial charge < -0.3 is 15.5 Å². The number of oxazole rings is 1. The van der Waals surface area contributed by atoms with Crippen molar-refractivity contribution in [3.8, 4) is 0 Å². The number of fused-ring (bicyclic) bond motifs is 1. The molecule has 0 saturated heterocycles. The van der Waals surface area contributed by atoms with Gasteiger partial charge in [0.1, 0.15) is 12.1 Å². The third-order valence-electron chi connectivity index (χ3n) is 4.84. The lowest BCUT2D eigenvalue weighted by molar-refractivity contribution is 0.0916.